The number of rotatable bonds is 12. The molecule has 0 spiro atoms. The first-order chi connectivity index (χ1) is 19.8. The Morgan fingerprint density at radius 3 is 2.15 bits per heavy atom. The van der Waals surface area contributed by atoms with Crippen LogP contribution in [-0.4, -0.2) is 47.5 Å². The van der Waals surface area contributed by atoms with Crippen LogP contribution in [-0.2, 0) is 21.2 Å². The normalized spacial score (nSPS) is 10.9. The first-order valence-corrected chi connectivity index (χ1v) is 14.3. The molecule has 0 saturated heterocycles. The minimum Gasteiger partial charge on any atom is -0.497 e. The van der Waals surface area contributed by atoms with E-state index in [2.05, 4.69) is 10.6 Å². The van der Waals surface area contributed by atoms with Crippen LogP contribution in [0, 0.1) is 0 Å². The van der Waals surface area contributed by atoms with Crippen LogP contribution in [0.25, 0.3) is 0 Å². The van der Waals surface area contributed by atoms with Gasteiger partial charge in [0.25, 0.3) is 15.9 Å². The summed E-state index contributed by atoms with van der Waals surface area (Å²) in [6.07, 6.45) is 0.649. The Morgan fingerprint density at radius 2 is 1.46 bits per heavy atom. The Bertz CT molecular complexity index is 1590. The Morgan fingerprint density at radius 1 is 0.805 bits per heavy atom. The lowest BCUT2D eigenvalue weighted by Crippen LogP contribution is -2.38. The molecule has 4 aromatic rings. The largest absolute Gasteiger partial charge is 0.497 e. The fourth-order valence-electron chi connectivity index (χ4n) is 4.18. The summed E-state index contributed by atoms with van der Waals surface area (Å²) in [4.78, 5) is 26.4. The third-order valence-electron chi connectivity index (χ3n) is 6.26. The molecular formula is C31H31N3O6S. The number of nitrogens with one attached hydrogen (secondary N) is 2. The molecule has 2 amide bonds. The molecule has 0 atom stereocenters. The average molecular weight is 574 g/mol. The maximum Gasteiger partial charge on any atom is 0.264 e. The van der Waals surface area contributed by atoms with Gasteiger partial charge in [0, 0.05) is 12.6 Å². The molecule has 0 aliphatic rings. The molecule has 0 heterocycles. The zero-order valence-electron chi connectivity index (χ0n) is 22.7. The Balaban J connectivity index is 1.58. The van der Waals surface area contributed by atoms with Crippen LogP contribution in [0.5, 0.6) is 11.5 Å². The lowest BCUT2D eigenvalue weighted by Gasteiger charge is -2.26. The third kappa shape index (κ3) is 7.23. The highest BCUT2D eigenvalue weighted by Gasteiger charge is 2.30. The highest BCUT2D eigenvalue weighted by molar-refractivity contribution is 7.92. The highest BCUT2D eigenvalue weighted by Crippen LogP contribution is 2.35. The van der Waals surface area contributed by atoms with Gasteiger partial charge in [-0.1, -0.05) is 60.7 Å². The first-order valence-electron chi connectivity index (χ1n) is 12.8. The summed E-state index contributed by atoms with van der Waals surface area (Å²) in [6.45, 7) is -0.186. The number of carbonyl (C=O) groups is 2. The monoisotopic (exact) mass is 573 g/mol. The predicted molar refractivity (Wildman–Crippen MR) is 158 cm³/mol. The van der Waals surface area contributed by atoms with Crippen LogP contribution in [0.4, 0.5) is 11.4 Å². The number of anilines is 2. The quantitative estimate of drug-likeness (QED) is 0.258. The van der Waals surface area contributed by atoms with Crippen molar-refractivity contribution < 1.29 is 27.5 Å². The summed E-state index contributed by atoms with van der Waals surface area (Å²) < 4.78 is 39.3. The lowest BCUT2D eigenvalue weighted by molar-refractivity contribution is -0.114. The van der Waals surface area contributed by atoms with Crippen molar-refractivity contribution in [3.63, 3.8) is 0 Å². The second-order valence-electron chi connectivity index (χ2n) is 8.95. The summed E-state index contributed by atoms with van der Waals surface area (Å²) in [5.41, 5.74) is 1.72. The zero-order chi connectivity index (χ0) is 29.2. The number of carbonyl (C=O) groups excluding carboxylic acids is 2. The smallest absolute Gasteiger partial charge is 0.264 e. The minimum absolute atomic E-state index is 0.00383. The number of benzene rings is 4. The second-order valence-corrected chi connectivity index (χ2v) is 10.8. The van der Waals surface area contributed by atoms with Crippen molar-refractivity contribution in [2.75, 3.05) is 36.9 Å². The molecule has 0 fully saturated rings. The van der Waals surface area contributed by atoms with Crippen molar-refractivity contribution in [3.8, 4) is 11.5 Å². The molecule has 0 saturated carbocycles. The summed E-state index contributed by atoms with van der Waals surface area (Å²) in [6, 6.07) is 28.8. The molecule has 10 heteroatoms. The number of nitrogens with zero attached hydrogens (tertiary/aromatic N) is 1. The molecule has 4 aromatic carbocycles. The molecule has 0 radical (unpaired) electrons. The van der Waals surface area contributed by atoms with E-state index in [0.29, 0.717) is 18.7 Å². The van der Waals surface area contributed by atoms with Crippen molar-refractivity contribution in [1.82, 2.24) is 5.32 Å². The molecule has 212 valence electrons. The number of sulfonamides is 1. The van der Waals surface area contributed by atoms with E-state index < -0.39 is 22.5 Å². The number of methoxy groups -OCH3 is 2. The molecule has 0 bridgehead atoms. The third-order valence-corrected chi connectivity index (χ3v) is 8.03. The Hall–Kier alpha value is -4.83. The molecule has 0 aliphatic heterocycles. The van der Waals surface area contributed by atoms with Crippen LogP contribution in [0.3, 0.4) is 0 Å². The maximum absolute atomic E-state index is 13.8. The standard InChI is InChI=1S/C31H31N3O6S/c1-39-24-17-18-29(40-2)28(21-24)34(41(37,38)25-13-7-4-8-14-25)22-30(35)33-27-16-10-9-15-26(27)31(36)32-20-19-23-11-5-3-6-12-23/h3-18,21H,19-20,22H2,1-2H3,(H,32,36)(H,33,35). The number of hydrogen-bond acceptors (Lipinski definition) is 6. The molecule has 0 aliphatic carbocycles. The van der Waals surface area contributed by atoms with E-state index in [9.17, 15) is 18.0 Å². The van der Waals surface area contributed by atoms with Gasteiger partial charge in [-0.2, -0.15) is 0 Å². The molecule has 2 N–H and O–H groups in total. The van der Waals surface area contributed by atoms with E-state index in [1.54, 1.807) is 54.6 Å². The summed E-state index contributed by atoms with van der Waals surface area (Å²) in [7, 11) is -1.34. The summed E-state index contributed by atoms with van der Waals surface area (Å²) in [5.74, 6) is -0.401. The van der Waals surface area contributed by atoms with Crippen LogP contribution in [0.1, 0.15) is 15.9 Å². The van der Waals surface area contributed by atoms with Gasteiger partial charge in [-0.3, -0.25) is 13.9 Å². The van der Waals surface area contributed by atoms with Crippen LogP contribution in [0.15, 0.2) is 108 Å². The van der Waals surface area contributed by atoms with Crippen molar-refractivity contribution in [2.45, 2.75) is 11.3 Å². The highest BCUT2D eigenvalue weighted by atomic mass is 32.2. The Kier molecular flexibility index (Phi) is 9.60. The van der Waals surface area contributed by atoms with Gasteiger partial charge in [-0.05, 0) is 48.4 Å². The van der Waals surface area contributed by atoms with Gasteiger partial charge in [0.2, 0.25) is 5.91 Å². The molecular weight excluding hydrogens is 542 g/mol. The van der Waals surface area contributed by atoms with Crippen molar-refractivity contribution >= 4 is 33.2 Å². The van der Waals surface area contributed by atoms with Gasteiger partial charge in [0.05, 0.1) is 36.1 Å². The van der Waals surface area contributed by atoms with Crippen molar-refractivity contribution in [3.05, 3.63) is 114 Å². The SMILES string of the molecule is COc1ccc(OC)c(N(CC(=O)Nc2ccccc2C(=O)NCCc2ccccc2)S(=O)(=O)c2ccccc2)c1. The molecule has 41 heavy (non-hydrogen) atoms. The fourth-order valence-corrected chi connectivity index (χ4v) is 5.63. The molecule has 4 rings (SSSR count). The Labute approximate surface area is 239 Å². The van der Waals surface area contributed by atoms with Gasteiger partial charge in [0.15, 0.2) is 0 Å². The van der Waals surface area contributed by atoms with Crippen LogP contribution < -0.4 is 24.4 Å². The van der Waals surface area contributed by atoms with E-state index in [0.717, 1.165) is 9.87 Å². The maximum atomic E-state index is 13.8. The van der Waals surface area contributed by atoms with Gasteiger partial charge < -0.3 is 20.1 Å². The fraction of sp³-hybridized carbons (Fsp3) is 0.161. The zero-order valence-corrected chi connectivity index (χ0v) is 23.6. The van der Waals surface area contributed by atoms with Crippen LogP contribution >= 0.6 is 0 Å². The number of ether oxygens (including phenoxy) is 2. The van der Waals surface area contributed by atoms with Gasteiger partial charge in [-0.15, -0.1) is 0 Å². The van der Waals surface area contributed by atoms with E-state index in [4.69, 9.17) is 9.47 Å². The topological polar surface area (TPSA) is 114 Å². The minimum atomic E-state index is -4.21. The van der Waals surface area contributed by atoms with E-state index in [1.165, 1.54) is 32.4 Å². The first kappa shape index (κ1) is 29.2. The van der Waals surface area contributed by atoms with E-state index in [1.807, 2.05) is 30.3 Å². The van der Waals surface area contributed by atoms with Gasteiger partial charge >= 0.3 is 0 Å². The van der Waals surface area contributed by atoms with Crippen LogP contribution in [0.2, 0.25) is 0 Å². The summed E-state index contributed by atoms with van der Waals surface area (Å²) >= 11 is 0. The predicted octanol–water partition coefficient (Wildman–Crippen LogP) is 4.51. The lowest BCUT2D eigenvalue weighted by atomic mass is 10.1. The van der Waals surface area contributed by atoms with E-state index >= 15 is 0 Å². The summed E-state index contributed by atoms with van der Waals surface area (Å²) in [5, 5.41) is 5.59. The van der Waals surface area contributed by atoms with Gasteiger partial charge in [0.1, 0.15) is 18.0 Å². The number of hydrogen-bond donors (Lipinski definition) is 2. The van der Waals surface area contributed by atoms with Gasteiger partial charge in [-0.25, -0.2) is 8.42 Å². The molecule has 9 nitrogen and oxygen atoms in total. The average Bonchev–Trinajstić information content (AvgIpc) is 3.00. The van der Waals surface area contributed by atoms with Crippen molar-refractivity contribution in [2.24, 2.45) is 0 Å². The number of para-hydroxylation sites is 1. The van der Waals surface area contributed by atoms with E-state index in [-0.39, 0.29) is 33.5 Å². The second kappa shape index (κ2) is 13.5. The number of amides is 2. The van der Waals surface area contributed by atoms with Crippen molar-refractivity contribution in [1.29, 1.82) is 0 Å². The molecule has 0 unspecified atom stereocenters. The molecule has 0 aromatic heterocycles.